The molecule has 11 heteroatoms. The van der Waals surface area contributed by atoms with Crippen LogP contribution >= 0.6 is 11.8 Å². The van der Waals surface area contributed by atoms with E-state index in [1.54, 1.807) is 14.2 Å². The Hall–Kier alpha value is -2.86. The second-order valence-electron chi connectivity index (χ2n) is 11.0. The van der Waals surface area contributed by atoms with Crippen LogP contribution in [0.5, 0.6) is 11.5 Å². The van der Waals surface area contributed by atoms with Crippen molar-refractivity contribution >= 4 is 23.0 Å². The molecule has 9 nitrogen and oxygen atoms in total. The van der Waals surface area contributed by atoms with Crippen molar-refractivity contribution in [3.63, 3.8) is 0 Å². The van der Waals surface area contributed by atoms with E-state index in [0.29, 0.717) is 5.17 Å². The number of amides is 1. The number of amidine groups is 1. The van der Waals surface area contributed by atoms with Crippen LogP contribution in [0.3, 0.4) is 0 Å². The number of ether oxygens (including phenoxy) is 6. The number of benzene rings is 2. The fraction of sp³-hybridized carbons (Fsp3) is 0.533. The first-order valence-corrected chi connectivity index (χ1v) is 14.4. The van der Waals surface area contributed by atoms with E-state index in [1.165, 1.54) is 11.8 Å². The van der Waals surface area contributed by atoms with Gasteiger partial charge >= 0.3 is 6.09 Å². The Kier molecular flexibility index (Phi) is 10.5. The first-order valence-electron chi connectivity index (χ1n) is 13.5. The van der Waals surface area contributed by atoms with Crippen molar-refractivity contribution in [3.05, 3.63) is 59.7 Å². The SMILES string of the molecule is COc1ccc(CO[C@@H]2[C@H]3N=C(NC(=O)OC(C)C(C)(C)C)S[C@H]3O[C@H](CF)[C@H]2OCc2ccc(OC)cc2)cc1. The minimum atomic E-state index is -0.884. The van der Waals surface area contributed by atoms with Gasteiger partial charge in [-0.25, -0.2) is 9.18 Å². The summed E-state index contributed by atoms with van der Waals surface area (Å²) >= 11 is 1.21. The fourth-order valence-electron chi connectivity index (χ4n) is 4.26. The predicted molar refractivity (Wildman–Crippen MR) is 155 cm³/mol. The summed E-state index contributed by atoms with van der Waals surface area (Å²) in [5.74, 6) is 1.46. The lowest BCUT2D eigenvalue weighted by Crippen LogP contribution is -2.57. The van der Waals surface area contributed by atoms with Gasteiger partial charge in [0.15, 0.2) is 5.17 Å². The summed E-state index contributed by atoms with van der Waals surface area (Å²) in [7, 11) is 3.21. The van der Waals surface area contributed by atoms with E-state index < -0.39 is 42.6 Å². The van der Waals surface area contributed by atoms with E-state index >= 15 is 0 Å². The quantitative estimate of drug-likeness (QED) is 0.388. The van der Waals surface area contributed by atoms with Gasteiger partial charge in [0, 0.05) is 0 Å². The number of aliphatic imine (C=N–C) groups is 1. The first-order chi connectivity index (χ1) is 19.6. The monoisotopic (exact) mass is 590 g/mol. The van der Waals surface area contributed by atoms with E-state index in [9.17, 15) is 9.18 Å². The third-order valence-corrected chi connectivity index (χ3v) is 8.23. The Morgan fingerprint density at radius 3 is 2.00 bits per heavy atom. The molecule has 0 aliphatic carbocycles. The number of halogens is 1. The standard InChI is InChI=1S/C30H39FN2O7S/c1-18(30(2,3)4)39-29(34)33-28-32-24-26(38-17-20-9-13-22(36-6)14-10-20)25(23(15-31)40-27(24)41-28)37-16-19-7-11-21(35-5)12-8-19/h7-14,18,23-27H,15-17H2,1-6H3,(H,32,33,34)/t18?,23-,24-,25-,26-,27-/m1/s1. The second-order valence-corrected chi connectivity index (χ2v) is 12.1. The van der Waals surface area contributed by atoms with Gasteiger partial charge in [-0.2, -0.15) is 0 Å². The number of carbonyl (C=O) groups excluding carboxylic acids is 1. The van der Waals surface area contributed by atoms with Gasteiger partial charge in [0.1, 0.15) is 54.1 Å². The lowest BCUT2D eigenvalue weighted by molar-refractivity contribution is -0.200. The van der Waals surface area contributed by atoms with Crippen LogP contribution in [0, 0.1) is 5.41 Å². The summed E-state index contributed by atoms with van der Waals surface area (Å²) < 4.78 is 49.1. The van der Waals surface area contributed by atoms with Crippen LogP contribution in [-0.2, 0) is 32.2 Å². The topological polar surface area (TPSA) is 96.8 Å². The van der Waals surface area contributed by atoms with Crippen molar-refractivity contribution in [1.82, 2.24) is 5.32 Å². The summed E-state index contributed by atoms with van der Waals surface area (Å²) in [6, 6.07) is 14.4. The average Bonchev–Trinajstić information content (AvgIpc) is 3.36. The molecular weight excluding hydrogens is 551 g/mol. The molecule has 1 saturated heterocycles. The van der Waals surface area contributed by atoms with Gasteiger partial charge in [-0.15, -0.1) is 0 Å². The highest BCUT2D eigenvalue weighted by molar-refractivity contribution is 8.14. The first kappa shape index (κ1) is 31.1. The van der Waals surface area contributed by atoms with Crippen LogP contribution in [0.4, 0.5) is 9.18 Å². The van der Waals surface area contributed by atoms with Gasteiger partial charge < -0.3 is 28.4 Å². The van der Waals surface area contributed by atoms with Gasteiger partial charge in [-0.05, 0) is 47.7 Å². The van der Waals surface area contributed by atoms with Gasteiger partial charge in [-0.3, -0.25) is 10.3 Å². The number of alkyl halides is 1. The number of hydrogen-bond donors (Lipinski definition) is 1. The molecule has 2 aliphatic rings. The summed E-state index contributed by atoms with van der Waals surface area (Å²) in [6.45, 7) is 7.50. The zero-order chi connectivity index (χ0) is 29.6. The van der Waals surface area contributed by atoms with E-state index in [1.807, 2.05) is 76.2 Å². The lowest BCUT2D eigenvalue weighted by atomic mass is 9.90. The molecule has 1 amide bonds. The lowest BCUT2D eigenvalue weighted by Gasteiger charge is -2.41. The molecule has 0 radical (unpaired) electrons. The Balaban J connectivity index is 1.52. The van der Waals surface area contributed by atoms with E-state index in [0.717, 1.165) is 22.6 Å². The van der Waals surface area contributed by atoms with Crippen molar-refractivity contribution < 1.29 is 37.6 Å². The Bertz CT molecular complexity index is 1170. The summed E-state index contributed by atoms with van der Waals surface area (Å²) in [5.41, 5.74) is 1.02. The molecule has 0 saturated carbocycles. The Morgan fingerprint density at radius 2 is 1.51 bits per heavy atom. The summed E-state index contributed by atoms with van der Waals surface area (Å²) in [5, 5.41) is 3.05. The number of nitrogens with one attached hydrogen (secondary N) is 1. The molecule has 2 heterocycles. The smallest absolute Gasteiger partial charge is 0.413 e. The normalized spacial score (nSPS) is 24.7. The fourth-order valence-corrected chi connectivity index (χ4v) is 5.36. The molecule has 224 valence electrons. The van der Waals surface area contributed by atoms with E-state index in [2.05, 4.69) is 5.32 Å². The average molecular weight is 591 g/mol. The van der Waals surface area contributed by atoms with Crippen LogP contribution in [-0.4, -0.2) is 68.0 Å². The van der Waals surface area contributed by atoms with Crippen molar-refractivity contribution in [3.8, 4) is 11.5 Å². The Morgan fingerprint density at radius 1 is 0.976 bits per heavy atom. The van der Waals surface area contributed by atoms with Crippen molar-refractivity contribution in [2.75, 3.05) is 20.9 Å². The summed E-state index contributed by atoms with van der Waals surface area (Å²) in [4.78, 5) is 17.3. The molecule has 1 unspecified atom stereocenters. The van der Waals surface area contributed by atoms with Gasteiger partial charge in [0.25, 0.3) is 0 Å². The minimum absolute atomic E-state index is 0.216. The molecule has 1 N–H and O–H groups in total. The molecule has 4 rings (SSSR count). The van der Waals surface area contributed by atoms with Crippen molar-refractivity contribution in [1.29, 1.82) is 0 Å². The van der Waals surface area contributed by atoms with Crippen LogP contribution in [0.2, 0.25) is 0 Å². The molecule has 2 aromatic rings. The molecule has 6 atom stereocenters. The van der Waals surface area contributed by atoms with Crippen LogP contribution in [0.1, 0.15) is 38.8 Å². The molecule has 1 fully saturated rings. The number of carbonyl (C=O) groups is 1. The molecular formula is C30H39FN2O7S. The second kappa shape index (κ2) is 13.9. The number of alkyl carbamates (subject to hydrolysis) is 1. The molecule has 2 aromatic carbocycles. The maximum absolute atomic E-state index is 14.4. The molecule has 41 heavy (non-hydrogen) atoms. The summed E-state index contributed by atoms with van der Waals surface area (Å²) in [6.07, 6.45) is -3.21. The van der Waals surface area contributed by atoms with Crippen LogP contribution in [0.15, 0.2) is 53.5 Å². The maximum Gasteiger partial charge on any atom is 0.413 e. The van der Waals surface area contributed by atoms with E-state index in [4.69, 9.17) is 33.4 Å². The van der Waals surface area contributed by atoms with Gasteiger partial charge in [0.2, 0.25) is 0 Å². The number of rotatable bonds is 10. The minimum Gasteiger partial charge on any atom is -0.497 e. The van der Waals surface area contributed by atoms with Crippen LogP contribution in [0.25, 0.3) is 0 Å². The van der Waals surface area contributed by atoms with E-state index in [-0.39, 0.29) is 24.7 Å². The third-order valence-electron chi connectivity index (χ3n) is 7.18. The van der Waals surface area contributed by atoms with Crippen molar-refractivity contribution in [2.24, 2.45) is 10.4 Å². The molecule has 0 spiro atoms. The zero-order valence-electron chi connectivity index (χ0n) is 24.3. The molecule has 2 aliphatic heterocycles. The third kappa shape index (κ3) is 8.12. The van der Waals surface area contributed by atoms with Gasteiger partial charge in [-0.1, -0.05) is 56.8 Å². The van der Waals surface area contributed by atoms with Crippen molar-refractivity contribution in [2.45, 2.75) is 76.8 Å². The Labute approximate surface area is 245 Å². The maximum atomic E-state index is 14.4. The highest BCUT2D eigenvalue weighted by Gasteiger charge is 2.51. The number of fused-ring (bicyclic) bond motifs is 1. The van der Waals surface area contributed by atoms with Gasteiger partial charge in [0.05, 0.1) is 27.4 Å². The number of methoxy groups -OCH3 is 2. The number of nitrogens with zero attached hydrogens (tertiary/aromatic N) is 1. The van der Waals surface area contributed by atoms with Crippen LogP contribution < -0.4 is 14.8 Å². The number of hydrogen-bond acceptors (Lipinski definition) is 9. The highest BCUT2D eigenvalue weighted by atomic mass is 32.2. The largest absolute Gasteiger partial charge is 0.497 e. The highest BCUT2D eigenvalue weighted by Crippen LogP contribution is 2.39. The molecule has 0 bridgehead atoms. The zero-order valence-corrected chi connectivity index (χ0v) is 25.1. The predicted octanol–water partition coefficient (Wildman–Crippen LogP) is 5.50. The number of thioether (sulfide) groups is 1. The molecule has 0 aromatic heterocycles.